The first-order valence-electron chi connectivity index (χ1n) is 4.99. The molecule has 0 aliphatic carbocycles. The van der Waals surface area contributed by atoms with Crippen LogP contribution in [0.4, 0.5) is 0 Å². The van der Waals surface area contributed by atoms with E-state index in [2.05, 4.69) is 22.6 Å². The summed E-state index contributed by atoms with van der Waals surface area (Å²) in [4.78, 5) is 24.3. The lowest BCUT2D eigenvalue weighted by molar-refractivity contribution is -0.153. The maximum atomic E-state index is 11.4. The summed E-state index contributed by atoms with van der Waals surface area (Å²) in [6.45, 7) is 1.82. The molecule has 0 saturated heterocycles. The normalized spacial score (nSPS) is 10.8. The van der Waals surface area contributed by atoms with Crippen molar-refractivity contribution in [1.29, 1.82) is 0 Å². The molecule has 5 heteroatoms. The highest BCUT2D eigenvalue weighted by Crippen LogP contribution is 2.17. The molecule has 1 unspecified atom stereocenters. The van der Waals surface area contributed by atoms with Gasteiger partial charge in [-0.2, -0.15) is 0 Å². The average molecular weight is 350 g/mol. The number of rotatable bonds is 4. The van der Waals surface area contributed by atoms with Gasteiger partial charge in [-0.05, 0) is 17.4 Å². The molecule has 1 aromatic rings. The van der Waals surface area contributed by atoms with Gasteiger partial charge < -0.3 is 9.84 Å². The van der Waals surface area contributed by atoms with Crippen molar-refractivity contribution >= 4 is 34.5 Å². The Bertz CT molecular complexity index is 351. The summed E-state index contributed by atoms with van der Waals surface area (Å²) >= 11 is 2.15. The molecule has 17 heavy (non-hydrogen) atoms. The summed E-state index contributed by atoms with van der Waals surface area (Å²) in [6, 6.07) is 8.31. The standard InChI is InChI=1S/C11H12O4.CH3I/c1-2-15-11(14)9(10(12)13)8-6-4-3-5-7-8;1-2/h3-7,9H,2H2,1H3,(H,12,13);1H3. The van der Waals surface area contributed by atoms with Crippen LogP contribution in [-0.2, 0) is 14.3 Å². The van der Waals surface area contributed by atoms with Crippen LogP contribution in [0.5, 0.6) is 0 Å². The van der Waals surface area contributed by atoms with Crippen LogP contribution in [0.3, 0.4) is 0 Å². The highest BCUT2D eigenvalue weighted by Gasteiger charge is 2.29. The number of esters is 1. The van der Waals surface area contributed by atoms with Gasteiger partial charge in [0, 0.05) is 0 Å². The number of ether oxygens (including phenoxy) is 1. The van der Waals surface area contributed by atoms with E-state index in [0.717, 1.165) is 0 Å². The van der Waals surface area contributed by atoms with Gasteiger partial charge in [0.25, 0.3) is 0 Å². The number of hydrogen-bond donors (Lipinski definition) is 1. The Morgan fingerprint density at radius 1 is 1.29 bits per heavy atom. The third-order valence-electron chi connectivity index (χ3n) is 1.90. The van der Waals surface area contributed by atoms with Crippen LogP contribution in [0.1, 0.15) is 18.4 Å². The fraction of sp³-hybridized carbons (Fsp3) is 0.333. The Hall–Kier alpha value is -1.11. The van der Waals surface area contributed by atoms with E-state index >= 15 is 0 Å². The minimum absolute atomic E-state index is 0.176. The SMILES string of the molecule is CCOC(=O)C(C(=O)O)c1ccccc1.CI. The minimum Gasteiger partial charge on any atom is -0.480 e. The van der Waals surface area contributed by atoms with Crippen molar-refractivity contribution in [2.75, 3.05) is 11.5 Å². The summed E-state index contributed by atoms with van der Waals surface area (Å²) in [5.74, 6) is -3.15. The lowest BCUT2D eigenvalue weighted by Crippen LogP contribution is -2.23. The number of alkyl halides is 1. The van der Waals surface area contributed by atoms with E-state index in [1.807, 2.05) is 4.93 Å². The fourth-order valence-corrected chi connectivity index (χ4v) is 1.25. The largest absolute Gasteiger partial charge is 0.480 e. The molecule has 94 valence electrons. The summed E-state index contributed by atoms with van der Waals surface area (Å²) in [7, 11) is 0. The smallest absolute Gasteiger partial charge is 0.324 e. The first-order valence-corrected chi connectivity index (χ1v) is 7.14. The van der Waals surface area contributed by atoms with E-state index in [1.54, 1.807) is 37.3 Å². The summed E-state index contributed by atoms with van der Waals surface area (Å²) in [5.41, 5.74) is 0.434. The zero-order valence-electron chi connectivity index (χ0n) is 9.72. The number of carbonyl (C=O) groups excluding carboxylic acids is 1. The van der Waals surface area contributed by atoms with Crippen molar-refractivity contribution in [3.63, 3.8) is 0 Å². The first kappa shape index (κ1) is 15.9. The molecule has 1 atom stereocenters. The molecule has 0 fully saturated rings. The van der Waals surface area contributed by atoms with Crippen LogP contribution < -0.4 is 0 Å². The molecular formula is C12H15IO4. The van der Waals surface area contributed by atoms with Gasteiger partial charge in [-0.3, -0.25) is 9.59 Å². The van der Waals surface area contributed by atoms with Crippen molar-refractivity contribution in [3.8, 4) is 0 Å². The zero-order valence-corrected chi connectivity index (χ0v) is 11.9. The van der Waals surface area contributed by atoms with Gasteiger partial charge in [-0.15, -0.1) is 0 Å². The Labute approximate surface area is 114 Å². The Balaban J connectivity index is 0.00000121. The maximum absolute atomic E-state index is 11.4. The van der Waals surface area contributed by atoms with Gasteiger partial charge in [-0.25, -0.2) is 0 Å². The first-order chi connectivity index (χ1) is 8.16. The van der Waals surface area contributed by atoms with Crippen LogP contribution in [0.25, 0.3) is 0 Å². The zero-order chi connectivity index (χ0) is 13.3. The van der Waals surface area contributed by atoms with Gasteiger partial charge in [0.05, 0.1) is 6.61 Å². The van der Waals surface area contributed by atoms with Crippen LogP contribution in [0.2, 0.25) is 0 Å². The third-order valence-corrected chi connectivity index (χ3v) is 1.90. The van der Waals surface area contributed by atoms with E-state index in [9.17, 15) is 9.59 Å². The highest BCUT2D eigenvalue weighted by molar-refractivity contribution is 14.1. The molecule has 1 rings (SSSR count). The van der Waals surface area contributed by atoms with Gasteiger partial charge in [0.1, 0.15) is 0 Å². The van der Waals surface area contributed by atoms with Crippen molar-refractivity contribution < 1.29 is 19.4 Å². The maximum Gasteiger partial charge on any atom is 0.324 e. The Morgan fingerprint density at radius 3 is 2.24 bits per heavy atom. The molecule has 0 saturated carbocycles. The van der Waals surface area contributed by atoms with Gasteiger partial charge in [0.15, 0.2) is 5.92 Å². The lowest BCUT2D eigenvalue weighted by Gasteiger charge is -2.10. The highest BCUT2D eigenvalue weighted by atomic mass is 127. The van der Waals surface area contributed by atoms with Crippen molar-refractivity contribution in [2.45, 2.75) is 12.8 Å². The third kappa shape index (κ3) is 5.16. The number of hydrogen-bond acceptors (Lipinski definition) is 3. The number of benzene rings is 1. The number of carboxylic acid groups (broad SMARTS) is 1. The van der Waals surface area contributed by atoms with Crippen LogP contribution in [0, 0.1) is 0 Å². The molecule has 0 heterocycles. The van der Waals surface area contributed by atoms with Crippen LogP contribution in [0.15, 0.2) is 30.3 Å². The summed E-state index contributed by atoms with van der Waals surface area (Å²) < 4.78 is 4.70. The average Bonchev–Trinajstić information content (AvgIpc) is 2.33. The minimum atomic E-state index is -1.23. The molecule has 1 aromatic carbocycles. The summed E-state index contributed by atoms with van der Waals surface area (Å²) in [6.07, 6.45) is 0. The number of halogens is 1. The molecule has 1 N–H and O–H groups in total. The Kier molecular flexibility index (Phi) is 8.39. The van der Waals surface area contributed by atoms with Crippen LogP contribution >= 0.6 is 22.6 Å². The summed E-state index contributed by atoms with van der Waals surface area (Å²) in [5, 5.41) is 8.92. The van der Waals surface area contributed by atoms with Crippen molar-refractivity contribution in [3.05, 3.63) is 35.9 Å². The Morgan fingerprint density at radius 2 is 1.82 bits per heavy atom. The van der Waals surface area contributed by atoms with E-state index in [-0.39, 0.29) is 6.61 Å². The molecule has 0 radical (unpaired) electrons. The molecule has 4 nitrogen and oxygen atoms in total. The topological polar surface area (TPSA) is 63.6 Å². The molecule has 0 aromatic heterocycles. The fourth-order valence-electron chi connectivity index (χ4n) is 1.25. The van der Waals surface area contributed by atoms with E-state index in [1.165, 1.54) is 0 Å². The lowest BCUT2D eigenvalue weighted by atomic mass is 10.00. The van der Waals surface area contributed by atoms with E-state index in [0.29, 0.717) is 5.56 Å². The quantitative estimate of drug-likeness (QED) is 0.392. The second-order valence-electron chi connectivity index (χ2n) is 2.93. The van der Waals surface area contributed by atoms with Gasteiger partial charge in [0.2, 0.25) is 0 Å². The van der Waals surface area contributed by atoms with Crippen molar-refractivity contribution in [1.82, 2.24) is 0 Å². The number of aliphatic carboxylic acids is 1. The van der Waals surface area contributed by atoms with E-state index in [4.69, 9.17) is 9.84 Å². The number of carbonyl (C=O) groups is 2. The van der Waals surface area contributed by atoms with E-state index < -0.39 is 17.9 Å². The molecule has 0 aliphatic heterocycles. The molecule has 0 amide bonds. The van der Waals surface area contributed by atoms with Crippen molar-refractivity contribution in [2.24, 2.45) is 0 Å². The monoisotopic (exact) mass is 350 g/mol. The van der Waals surface area contributed by atoms with Gasteiger partial charge in [-0.1, -0.05) is 52.9 Å². The van der Waals surface area contributed by atoms with Crippen LogP contribution in [-0.4, -0.2) is 28.6 Å². The molecule has 0 aliphatic rings. The number of carboxylic acids is 1. The predicted octanol–water partition coefficient (Wildman–Crippen LogP) is 2.47. The van der Waals surface area contributed by atoms with Gasteiger partial charge >= 0.3 is 11.9 Å². The molecular weight excluding hydrogens is 335 g/mol. The molecule has 0 bridgehead atoms. The molecule has 0 spiro atoms. The predicted molar refractivity (Wildman–Crippen MR) is 73.4 cm³/mol. The second kappa shape index (κ2) is 8.98. The second-order valence-corrected chi connectivity index (χ2v) is 2.93.